The van der Waals surface area contributed by atoms with Gasteiger partial charge >= 0.3 is 6.09 Å². The highest BCUT2D eigenvalue weighted by Crippen LogP contribution is 2.38. The van der Waals surface area contributed by atoms with Crippen LogP contribution in [0.1, 0.15) is 24.2 Å². The first kappa shape index (κ1) is 22.0. The van der Waals surface area contributed by atoms with Gasteiger partial charge in [-0.1, -0.05) is 6.08 Å². The molecule has 8 heteroatoms. The molecule has 0 aromatic carbocycles. The van der Waals surface area contributed by atoms with Gasteiger partial charge in [0.25, 0.3) is 0 Å². The Hall–Kier alpha value is -3.26. The second-order valence-electron chi connectivity index (χ2n) is 7.82. The average molecular weight is 450 g/mol. The van der Waals surface area contributed by atoms with Crippen LogP contribution in [-0.4, -0.2) is 60.2 Å². The van der Waals surface area contributed by atoms with Gasteiger partial charge in [0.15, 0.2) is 0 Å². The van der Waals surface area contributed by atoms with Crippen LogP contribution < -0.4 is 4.90 Å². The van der Waals surface area contributed by atoms with E-state index in [1.165, 1.54) is 12.7 Å². The van der Waals surface area contributed by atoms with Crippen LogP contribution >= 0.6 is 11.3 Å². The van der Waals surface area contributed by atoms with E-state index < -0.39 is 0 Å². The number of aromatic nitrogens is 3. The molecule has 4 rings (SSSR count). The molecule has 0 bridgehead atoms. The lowest BCUT2D eigenvalue weighted by molar-refractivity contribution is 0.134. The standard InChI is InChI=1S/C24H27N5O2S/c1-16-22(32-23(26-16)18-7-5-12-25-15-18)19-9-10-20-21(27-19)17(11-14-28(20)2)8-6-13-29(3)24(30)31-4/h5,7-10,12,15H,6,11,13-14H2,1-4H3/b17-8+. The SMILES string of the molecule is COC(=O)N(C)CC/C=C1\CCN(C)c2ccc(-c3sc(-c4cccnc4)nc3C)nc21. The molecule has 0 atom stereocenters. The van der Waals surface area contributed by atoms with E-state index in [-0.39, 0.29) is 6.09 Å². The molecule has 0 aliphatic carbocycles. The smallest absolute Gasteiger partial charge is 0.409 e. The van der Waals surface area contributed by atoms with E-state index in [1.807, 2.05) is 25.3 Å². The number of aryl methyl sites for hydroxylation is 1. The van der Waals surface area contributed by atoms with E-state index in [0.29, 0.717) is 6.54 Å². The molecule has 0 spiro atoms. The maximum Gasteiger partial charge on any atom is 0.409 e. The average Bonchev–Trinajstić information content (AvgIpc) is 3.21. The van der Waals surface area contributed by atoms with Crippen LogP contribution in [0.15, 0.2) is 42.7 Å². The number of fused-ring (bicyclic) bond motifs is 1. The third-order valence-corrected chi connectivity index (χ3v) is 6.81. The van der Waals surface area contributed by atoms with Crippen LogP contribution in [0.4, 0.5) is 10.5 Å². The molecule has 0 unspecified atom stereocenters. The summed E-state index contributed by atoms with van der Waals surface area (Å²) in [6.07, 6.45) is 7.15. The summed E-state index contributed by atoms with van der Waals surface area (Å²) < 4.78 is 4.77. The van der Waals surface area contributed by atoms with E-state index in [2.05, 4.69) is 35.1 Å². The van der Waals surface area contributed by atoms with Gasteiger partial charge in [-0.15, -0.1) is 11.3 Å². The lowest BCUT2D eigenvalue weighted by Crippen LogP contribution is -2.27. The third kappa shape index (κ3) is 4.50. The highest BCUT2D eigenvalue weighted by molar-refractivity contribution is 7.18. The fourth-order valence-corrected chi connectivity index (χ4v) is 4.80. The number of hydrogen-bond acceptors (Lipinski definition) is 7. The molecule has 3 aromatic rings. The number of thiazole rings is 1. The number of nitrogens with zero attached hydrogens (tertiary/aromatic N) is 5. The van der Waals surface area contributed by atoms with Crippen LogP contribution in [0.25, 0.3) is 26.7 Å². The van der Waals surface area contributed by atoms with Crippen molar-refractivity contribution in [1.82, 2.24) is 19.9 Å². The van der Waals surface area contributed by atoms with Crippen LogP contribution in [0.2, 0.25) is 0 Å². The Kier molecular flexibility index (Phi) is 6.50. The number of pyridine rings is 2. The van der Waals surface area contributed by atoms with E-state index in [0.717, 1.165) is 57.6 Å². The first-order valence-electron chi connectivity index (χ1n) is 10.6. The first-order chi connectivity index (χ1) is 15.5. The molecule has 32 heavy (non-hydrogen) atoms. The Balaban J connectivity index is 1.64. The van der Waals surface area contributed by atoms with E-state index in [4.69, 9.17) is 14.7 Å². The zero-order chi connectivity index (χ0) is 22.7. The molecule has 0 radical (unpaired) electrons. The summed E-state index contributed by atoms with van der Waals surface area (Å²) in [6.45, 7) is 3.57. The molecule has 0 saturated carbocycles. The van der Waals surface area contributed by atoms with Crippen molar-refractivity contribution in [3.05, 3.63) is 54.1 Å². The molecule has 0 saturated heterocycles. The van der Waals surface area contributed by atoms with Gasteiger partial charge in [0, 0.05) is 45.1 Å². The molecular formula is C24H27N5O2S. The molecule has 1 amide bonds. The van der Waals surface area contributed by atoms with Gasteiger partial charge < -0.3 is 14.5 Å². The Morgan fingerprint density at radius 3 is 2.91 bits per heavy atom. The maximum absolute atomic E-state index is 11.6. The van der Waals surface area contributed by atoms with Gasteiger partial charge in [-0.3, -0.25) is 4.98 Å². The van der Waals surface area contributed by atoms with Crippen molar-refractivity contribution < 1.29 is 9.53 Å². The van der Waals surface area contributed by atoms with E-state index >= 15 is 0 Å². The fraction of sp³-hybridized carbons (Fsp3) is 0.333. The molecule has 4 heterocycles. The maximum atomic E-state index is 11.6. The Morgan fingerprint density at radius 1 is 1.31 bits per heavy atom. The molecular weight excluding hydrogens is 422 g/mol. The first-order valence-corrected chi connectivity index (χ1v) is 11.4. The highest BCUT2D eigenvalue weighted by atomic mass is 32.1. The topological polar surface area (TPSA) is 71.5 Å². The van der Waals surface area contributed by atoms with Crippen molar-refractivity contribution in [2.45, 2.75) is 19.8 Å². The minimum atomic E-state index is -0.322. The van der Waals surface area contributed by atoms with Gasteiger partial charge in [-0.25, -0.2) is 14.8 Å². The molecule has 1 aliphatic heterocycles. The van der Waals surface area contributed by atoms with Crippen LogP contribution in [0.5, 0.6) is 0 Å². The summed E-state index contributed by atoms with van der Waals surface area (Å²) in [7, 11) is 5.24. The summed E-state index contributed by atoms with van der Waals surface area (Å²) in [4.78, 5) is 30.6. The van der Waals surface area contributed by atoms with Crippen molar-refractivity contribution in [2.75, 3.05) is 39.2 Å². The predicted molar refractivity (Wildman–Crippen MR) is 129 cm³/mol. The molecule has 0 N–H and O–H groups in total. The molecule has 0 fully saturated rings. The molecule has 7 nitrogen and oxygen atoms in total. The van der Waals surface area contributed by atoms with Crippen molar-refractivity contribution in [2.24, 2.45) is 0 Å². The monoisotopic (exact) mass is 449 g/mol. The lowest BCUT2D eigenvalue weighted by Gasteiger charge is -2.29. The number of ether oxygens (including phenoxy) is 1. The predicted octanol–water partition coefficient (Wildman–Crippen LogP) is 4.89. The van der Waals surface area contributed by atoms with Gasteiger partial charge in [-0.05, 0) is 49.6 Å². The van der Waals surface area contributed by atoms with Crippen LogP contribution in [0, 0.1) is 6.92 Å². The van der Waals surface area contributed by atoms with Crippen molar-refractivity contribution in [1.29, 1.82) is 0 Å². The van der Waals surface area contributed by atoms with Crippen molar-refractivity contribution in [3.8, 4) is 21.1 Å². The number of rotatable bonds is 5. The third-order valence-electron chi connectivity index (χ3n) is 5.59. The van der Waals surface area contributed by atoms with E-state index in [1.54, 1.807) is 29.5 Å². The number of amides is 1. The second-order valence-corrected chi connectivity index (χ2v) is 8.82. The van der Waals surface area contributed by atoms with Crippen LogP contribution in [0.3, 0.4) is 0 Å². The van der Waals surface area contributed by atoms with Crippen molar-refractivity contribution >= 4 is 28.7 Å². The van der Waals surface area contributed by atoms with Crippen LogP contribution in [-0.2, 0) is 4.74 Å². The minimum absolute atomic E-state index is 0.322. The Morgan fingerprint density at radius 2 is 2.16 bits per heavy atom. The van der Waals surface area contributed by atoms with E-state index in [9.17, 15) is 4.79 Å². The van der Waals surface area contributed by atoms with Crippen molar-refractivity contribution in [3.63, 3.8) is 0 Å². The summed E-state index contributed by atoms with van der Waals surface area (Å²) >= 11 is 1.64. The number of hydrogen-bond donors (Lipinski definition) is 0. The Labute approximate surface area is 192 Å². The number of carbonyl (C=O) groups excluding carboxylic acids is 1. The number of methoxy groups -OCH3 is 1. The molecule has 1 aliphatic rings. The quantitative estimate of drug-likeness (QED) is 0.552. The summed E-state index contributed by atoms with van der Waals surface area (Å²) in [5, 5.41) is 0.948. The highest BCUT2D eigenvalue weighted by Gasteiger charge is 2.22. The second kappa shape index (κ2) is 9.48. The molecule has 3 aromatic heterocycles. The van der Waals surface area contributed by atoms with Gasteiger partial charge in [0.2, 0.25) is 0 Å². The number of carbonyl (C=O) groups is 1. The molecule has 166 valence electrons. The normalized spacial score (nSPS) is 14.4. The largest absolute Gasteiger partial charge is 0.453 e. The minimum Gasteiger partial charge on any atom is -0.453 e. The zero-order valence-corrected chi connectivity index (χ0v) is 19.6. The summed E-state index contributed by atoms with van der Waals surface area (Å²) in [5.74, 6) is 0. The van der Waals surface area contributed by atoms with Gasteiger partial charge in [0.05, 0.1) is 34.8 Å². The lowest BCUT2D eigenvalue weighted by atomic mass is 9.99. The number of anilines is 1. The van der Waals surface area contributed by atoms with Gasteiger partial charge in [-0.2, -0.15) is 0 Å². The van der Waals surface area contributed by atoms with Gasteiger partial charge in [0.1, 0.15) is 5.01 Å². The fourth-order valence-electron chi connectivity index (χ4n) is 3.77. The Bertz CT molecular complexity index is 1140. The summed E-state index contributed by atoms with van der Waals surface area (Å²) in [6, 6.07) is 8.18. The zero-order valence-electron chi connectivity index (χ0n) is 18.8. The summed E-state index contributed by atoms with van der Waals surface area (Å²) in [5.41, 5.74) is 6.26.